The number of halogens is 1. The molecule has 0 radical (unpaired) electrons. The summed E-state index contributed by atoms with van der Waals surface area (Å²) in [5.74, 6) is -0.957. The molecule has 0 saturated heterocycles. The molecule has 1 heterocycles. The molecule has 0 atom stereocenters. The second kappa shape index (κ2) is 10.3. The monoisotopic (exact) mass is 456 g/mol. The standard InChI is InChI=1S/C23H25FN4O3S/c1-17-22(18(2)28(27-17)21-10-8-20(24)9-11-21)12-13-23(29)25-14-15-32(30,31)26-16-19-6-4-3-5-7-19/h3-13,26H,14-16H2,1-2H3,(H,25,29). The van der Waals surface area contributed by atoms with Gasteiger partial charge in [-0.15, -0.1) is 0 Å². The lowest BCUT2D eigenvalue weighted by Crippen LogP contribution is -2.33. The molecule has 0 saturated carbocycles. The van der Waals surface area contributed by atoms with E-state index in [-0.39, 0.29) is 24.7 Å². The number of hydrogen-bond acceptors (Lipinski definition) is 4. The van der Waals surface area contributed by atoms with E-state index >= 15 is 0 Å². The van der Waals surface area contributed by atoms with Crippen molar-refractivity contribution in [1.29, 1.82) is 0 Å². The fourth-order valence-electron chi connectivity index (χ4n) is 3.12. The van der Waals surface area contributed by atoms with E-state index in [0.717, 1.165) is 16.8 Å². The van der Waals surface area contributed by atoms with Gasteiger partial charge < -0.3 is 5.32 Å². The number of benzene rings is 2. The lowest BCUT2D eigenvalue weighted by molar-refractivity contribution is -0.116. The van der Waals surface area contributed by atoms with Gasteiger partial charge in [0.05, 0.1) is 17.1 Å². The summed E-state index contributed by atoms with van der Waals surface area (Å²) in [4.78, 5) is 12.1. The van der Waals surface area contributed by atoms with E-state index in [1.165, 1.54) is 18.2 Å². The Labute approximate surface area is 187 Å². The first-order valence-electron chi connectivity index (χ1n) is 10.0. The number of hydrogen-bond donors (Lipinski definition) is 2. The van der Waals surface area contributed by atoms with Crippen molar-refractivity contribution in [3.8, 4) is 5.69 Å². The van der Waals surface area contributed by atoms with Gasteiger partial charge in [0, 0.05) is 30.4 Å². The highest BCUT2D eigenvalue weighted by Crippen LogP contribution is 2.19. The third-order valence-electron chi connectivity index (χ3n) is 4.83. The number of aromatic nitrogens is 2. The summed E-state index contributed by atoms with van der Waals surface area (Å²) in [7, 11) is -3.52. The Hall–Kier alpha value is -3.30. The Morgan fingerprint density at radius 2 is 1.78 bits per heavy atom. The minimum absolute atomic E-state index is 0.0138. The molecule has 3 rings (SSSR count). The first-order valence-corrected chi connectivity index (χ1v) is 11.7. The molecule has 3 aromatic rings. The molecule has 1 aromatic heterocycles. The molecule has 7 nitrogen and oxygen atoms in total. The molecule has 1 amide bonds. The van der Waals surface area contributed by atoms with Crippen LogP contribution in [0.1, 0.15) is 22.5 Å². The van der Waals surface area contributed by atoms with Crippen molar-refractivity contribution in [2.75, 3.05) is 12.3 Å². The summed E-state index contributed by atoms with van der Waals surface area (Å²) in [5.41, 5.74) is 3.84. The van der Waals surface area contributed by atoms with E-state index in [4.69, 9.17) is 0 Å². The number of carbonyl (C=O) groups is 1. The molecule has 0 aliphatic carbocycles. The summed E-state index contributed by atoms with van der Waals surface area (Å²) < 4.78 is 41.6. The maximum absolute atomic E-state index is 13.2. The van der Waals surface area contributed by atoms with E-state index in [0.29, 0.717) is 11.4 Å². The fraction of sp³-hybridized carbons (Fsp3) is 0.217. The number of nitrogens with one attached hydrogen (secondary N) is 2. The zero-order valence-electron chi connectivity index (χ0n) is 17.9. The Bertz CT molecular complexity index is 1200. The molecule has 0 unspecified atom stereocenters. The molecule has 2 N–H and O–H groups in total. The first kappa shape index (κ1) is 23.4. The lowest BCUT2D eigenvalue weighted by atomic mass is 10.2. The van der Waals surface area contributed by atoms with Crippen molar-refractivity contribution in [3.05, 3.63) is 89.0 Å². The van der Waals surface area contributed by atoms with Gasteiger partial charge in [0.25, 0.3) is 0 Å². The van der Waals surface area contributed by atoms with Crippen LogP contribution in [-0.2, 0) is 21.4 Å². The van der Waals surface area contributed by atoms with Gasteiger partial charge in [0.15, 0.2) is 0 Å². The predicted octanol–water partition coefficient (Wildman–Crippen LogP) is 2.88. The second-order valence-electron chi connectivity index (χ2n) is 7.22. The van der Waals surface area contributed by atoms with E-state index in [9.17, 15) is 17.6 Å². The van der Waals surface area contributed by atoms with Crippen LogP contribution >= 0.6 is 0 Å². The van der Waals surface area contributed by atoms with Crippen LogP contribution in [0.2, 0.25) is 0 Å². The Balaban J connectivity index is 1.54. The van der Waals surface area contributed by atoms with Crippen LogP contribution in [0.3, 0.4) is 0 Å². The fourth-order valence-corrected chi connectivity index (χ4v) is 4.02. The number of aryl methyl sites for hydroxylation is 1. The SMILES string of the molecule is Cc1nn(-c2ccc(F)cc2)c(C)c1C=CC(=O)NCCS(=O)(=O)NCc1ccccc1. The van der Waals surface area contributed by atoms with Crippen LogP contribution in [0.15, 0.2) is 60.7 Å². The zero-order valence-corrected chi connectivity index (χ0v) is 18.7. The summed E-state index contributed by atoms with van der Waals surface area (Å²) in [6.07, 6.45) is 2.98. The Morgan fingerprint density at radius 1 is 1.09 bits per heavy atom. The first-order chi connectivity index (χ1) is 15.2. The van der Waals surface area contributed by atoms with E-state index < -0.39 is 15.9 Å². The molecule has 0 aliphatic rings. The topological polar surface area (TPSA) is 93.1 Å². The maximum Gasteiger partial charge on any atom is 0.244 e. The Morgan fingerprint density at radius 3 is 2.47 bits per heavy atom. The van der Waals surface area contributed by atoms with Crippen LogP contribution in [-0.4, -0.2) is 36.4 Å². The highest BCUT2D eigenvalue weighted by atomic mass is 32.2. The molecule has 9 heteroatoms. The van der Waals surface area contributed by atoms with E-state index in [1.807, 2.05) is 44.2 Å². The molecule has 2 aromatic carbocycles. The number of nitrogens with zero attached hydrogens (tertiary/aromatic N) is 2. The summed E-state index contributed by atoms with van der Waals surface area (Å²) >= 11 is 0. The smallest absolute Gasteiger partial charge is 0.244 e. The number of rotatable bonds is 9. The van der Waals surface area contributed by atoms with Crippen LogP contribution in [0.4, 0.5) is 4.39 Å². The van der Waals surface area contributed by atoms with Crippen LogP contribution < -0.4 is 10.0 Å². The van der Waals surface area contributed by atoms with Crippen molar-refractivity contribution < 1.29 is 17.6 Å². The normalized spacial score (nSPS) is 11.7. The molecular weight excluding hydrogens is 431 g/mol. The Kier molecular flexibility index (Phi) is 7.55. The molecule has 168 valence electrons. The predicted molar refractivity (Wildman–Crippen MR) is 122 cm³/mol. The highest BCUT2D eigenvalue weighted by Gasteiger charge is 2.12. The van der Waals surface area contributed by atoms with E-state index in [2.05, 4.69) is 15.1 Å². The average Bonchev–Trinajstić information content (AvgIpc) is 3.05. The molecule has 0 bridgehead atoms. The van der Waals surface area contributed by atoms with Crippen molar-refractivity contribution in [2.45, 2.75) is 20.4 Å². The van der Waals surface area contributed by atoms with Crippen molar-refractivity contribution >= 4 is 22.0 Å². The number of amides is 1. The molecular formula is C23H25FN4O3S. The third kappa shape index (κ3) is 6.35. The van der Waals surface area contributed by atoms with Crippen LogP contribution in [0.5, 0.6) is 0 Å². The van der Waals surface area contributed by atoms with Gasteiger partial charge in [-0.05, 0) is 49.8 Å². The largest absolute Gasteiger partial charge is 0.351 e. The molecule has 32 heavy (non-hydrogen) atoms. The van der Waals surface area contributed by atoms with Gasteiger partial charge >= 0.3 is 0 Å². The van der Waals surface area contributed by atoms with Gasteiger partial charge in [-0.2, -0.15) is 5.10 Å². The lowest BCUT2D eigenvalue weighted by Gasteiger charge is -2.07. The minimum Gasteiger partial charge on any atom is -0.351 e. The van der Waals surface area contributed by atoms with Gasteiger partial charge in [-0.3, -0.25) is 4.79 Å². The summed E-state index contributed by atoms with van der Waals surface area (Å²) in [6, 6.07) is 15.2. The van der Waals surface area contributed by atoms with Gasteiger partial charge in [-0.25, -0.2) is 22.2 Å². The maximum atomic E-state index is 13.2. The minimum atomic E-state index is -3.52. The third-order valence-corrected chi connectivity index (χ3v) is 6.15. The van der Waals surface area contributed by atoms with Crippen LogP contribution in [0, 0.1) is 19.7 Å². The van der Waals surface area contributed by atoms with Gasteiger partial charge in [0.2, 0.25) is 15.9 Å². The van der Waals surface area contributed by atoms with E-state index in [1.54, 1.807) is 22.9 Å². The highest BCUT2D eigenvalue weighted by molar-refractivity contribution is 7.89. The average molecular weight is 457 g/mol. The quantitative estimate of drug-likeness (QED) is 0.484. The summed E-state index contributed by atoms with van der Waals surface area (Å²) in [6.45, 7) is 3.86. The van der Waals surface area contributed by atoms with Crippen molar-refractivity contribution in [1.82, 2.24) is 19.8 Å². The molecule has 0 aliphatic heterocycles. The number of carbonyl (C=O) groups excluding carboxylic acids is 1. The van der Waals surface area contributed by atoms with Crippen molar-refractivity contribution in [2.24, 2.45) is 0 Å². The van der Waals surface area contributed by atoms with Crippen LogP contribution in [0.25, 0.3) is 11.8 Å². The van der Waals surface area contributed by atoms with Crippen molar-refractivity contribution in [3.63, 3.8) is 0 Å². The molecule has 0 fully saturated rings. The zero-order chi connectivity index (χ0) is 23.1. The van der Waals surface area contributed by atoms with Gasteiger partial charge in [-0.1, -0.05) is 30.3 Å². The summed E-state index contributed by atoms with van der Waals surface area (Å²) in [5, 5.41) is 7.03. The van der Waals surface area contributed by atoms with Gasteiger partial charge in [0.1, 0.15) is 5.82 Å². The number of sulfonamides is 1. The molecule has 0 spiro atoms. The second-order valence-corrected chi connectivity index (χ2v) is 9.15.